The van der Waals surface area contributed by atoms with Gasteiger partial charge in [-0.05, 0) is 31.0 Å². The number of nitrogens with one attached hydrogen (secondary N) is 1. The van der Waals surface area contributed by atoms with Gasteiger partial charge in [0.25, 0.3) is 0 Å². The second-order valence-corrected chi connectivity index (χ2v) is 3.73. The Morgan fingerprint density at radius 3 is 2.60 bits per heavy atom. The Morgan fingerprint density at radius 2 is 2.07 bits per heavy atom. The van der Waals surface area contributed by atoms with Gasteiger partial charge < -0.3 is 10.1 Å². The lowest BCUT2D eigenvalue weighted by atomic mass is 10.1. The number of ether oxygens (including phenoxy) is 1. The zero-order valence-corrected chi connectivity index (χ0v) is 9.73. The first-order chi connectivity index (χ1) is 7.27. The Balaban J connectivity index is 2.50. The van der Waals surface area contributed by atoms with E-state index in [0.29, 0.717) is 12.1 Å². The summed E-state index contributed by atoms with van der Waals surface area (Å²) in [6.07, 6.45) is 4.72. The summed E-state index contributed by atoms with van der Waals surface area (Å²) in [7, 11) is 1.74. The van der Waals surface area contributed by atoms with Gasteiger partial charge in [-0.1, -0.05) is 6.92 Å². The highest BCUT2D eigenvalue weighted by molar-refractivity contribution is 5.14. The van der Waals surface area contributed by atoms with Crippen LogP contribution in [0.4, 0.5) is 0 Å². The van der Waals surface area contributed by atoms with Crippen molar-refractivity contribution in [2.75, 3.05) is 13.7 Å². The largest absolute Gasteiger partial charge is 0.383 e. The van der Waals surface area contributed by atoms with Gasteiger partial charge in [0, 0.05) is 31.6 Å². The van der Waals surface area contributed by atoms with Gasteiger partial charge in [-0.2, -0.15) is 0 Å². The van der Waals surface area contributed by atoms with Crippen LogP contribution in [0.1, 0.15) is 31.9 Å². The first kappa shape index (κ1) is 12.1. The molecule has 0 aliphatic heterocycles. The molecule has 1 aromatic rings. The molecule has 0 aromatic carbocycles. The first-order valence-corrected chi connectivity index (χ1v) is 5.42. The summed E-state index contributed by atoms with van der Waals surface area (Å²) in [5.74, 6) is 0. The molecule has 0 radical (unpaired) electrons. The molecule has 3 heteroatoms. The Labute approximate surface area is 91.9 Å². The Morgan fingerprint density at radius 1 is 1.40 bits per heavy atom. The molecule has 0 fully saturated rings. The lowest BCUT2D eigenvalue weighted by Crippen LogP contribution is -2.34. The molecule has 3 nitrogen and oxygen atoms in total. The Hall–Kier alpha value is -0.930. The van der Waals surface area contributed by atoms with Crippen molar-refractivity contribution in [3.05, 3.63) is 30.1 Å². The fraction of sp³-hybridized carbons (Fsp3) is 0.583. The van der Waals surface area contributed by atoms with E-state index in [1.54, 1.807) is 7.11 Å². The molecule has 0 saturated heterocycles. The number of hydrogen-bond acceptors (Lipinski definition) is 3. The van der Waals surface area contributed by atoms with E-state index in [-0.39, 0.29) is 0 Å². The van der Waals surface area contributed by atoms with Gasteiger partial charge in [0.15, 0.2) is 0 Å². The predicted molar refractivity (Wildman–Crippen MR) is 61.7 cm³/mol. The zero-order chi connectivity index (χ0) is 11.1. The van der Waals surface area contributed by atoms with Crippen molar-refractivity contribution in [3.63, 3.8) is 0 Å². The third-order valence-electron chi connectivity index (χ3n) is 2.55. The van der Waals surface area contributed by atoms with Gasteiger partial charge in [0.2, 0.25) is 0 Å². The van der Waals surface area contributed by atoms with Crippen molar-refractivity contribution in [1.82, 2.24) is 10.3 Å². The quantitative estimate of drug-likeness (QED) is 0.778. The summed E-state index contributed by atoms with van der Waals surface area (Å²) in [5.41, 5.74) is 1.26. The standard InChI is InChI=1S/C12H20N2O/c1-4-12(9-15-3)14-10(2)11-5-7-13-8-6-11/h5-8,10,12,14H,4,9H2,1-3H3/t10-,12?/m0/s1. The monoisotopic (exact) mass is 208 g/mol. The van der Waals surface area contributed by atoms with Crippen molar-refractivity contribution >= 4 is 0 Å². The molecule has 2 atom stereocenters. The lowest BCUT2D eigenvalue weighted by molar-refractivity contribution is 0.159. The molecule has 1 N–H and O–H groups in total. The second-order valence-electron chi connectivity index (χ2n) is 3.73. The maximum Gasteiger partial charge on any atom is 0.0615 e. The van der Waals surface area contributed by atoms with Gasteiger partial charge in [-0.25, -0.2) is 0 Å². The molecule has 0 aliphatic rings. The maximum absolute atomic E-state index is 5.16. The summed E-state index contributed by atoms with van der Waals surface area (Å²) in [5, 5.41) is 3.53. The highest BCUT2D eigenvalue weighted by Gasteiger charge is 2.10. The maximum atomic E-state index is 5.16. The van der Waals surface area contributed by atoms with E-state index in [4.69, 9.17) is 4.74 Å². The van der Waals surface area contributed by atoms with Gasteiger partial charge in [0.1, 0.15) is 0 Å². The molecular formula is C12H20N2O. The summed E-state index contributed by atoms with van der Waals surface area (Å²) < 4.78 is 5.16. The SMILES string of the molecule is CCC(COC)N[C@@H](C)c1ccncc1. The van der Waals surface area contributed by atoms with Crippen LogP contribution in [-0.2, 0) is 4.74 Å². The zero-order valence-electron chi connectivity index (χ0n) is 9.73. The molecule has 0 saturated carbocycles. The predicted octanol–water partition coefficient (Wildman–Crippen LogP) is 2.16. The van der Waals surface area contributed by atoms with Crippen LogP contribution >= 0.6 is 0 Å². The molecule has 1 aromatic heterocycles. The smallest absolute Gasteiger partial charge is 0.0615 e. The lowest BCUT2D eigenvalue weighted by Gasteiger charge is -2.21. The van der Waals surface area contributed by atoms with E-state index >= 15 is 0 Å². The van der Waals surface area contributed by atoms with Crippen LogP contribution in [0.15, 0.2) is 24.5 Å². The number of rotatable bonds is 6. The molecule has 0 amide bonds. The second kappa shape index (κ2) is 6.53. The van der Waals surface area contributed by atoms with Crippen molar-refractivity contribution in [1.29, 1.82) is 0 Å². The van der Waals surface area contributed by atoms with E-state index in [2.05, 4.69) is 24.1 Å². The van der Waals surface area contributed by atoms with E-state index in [0.717, 1.165) is 13.0 Å². The Kier molecular flexibility index (Phi) is 5.29. The summed E-state index contributed by atoms with van der Waals surface area (Å²) in [4.78, 5) is 4.01. The van der Waals surface area contributed by atoms with Crippen LogP contribution in [0.2, 0.25) is 0 Å². The highest BCUT2D eigenvalue weighted by atomic mass is 16.5. The molecule has 0 bridgehead atoms. The molecule has 0 aliphatic carbocycles. The van der Waals surface area contributed by atoms with Crippen LogP contribution in [-0.4, -0.2) is 24.7 Å². The molecule has 84 valence electrons. The van der Waals surface area contributed by atoms with Crippen molar-refractivity contribution in [2.45, 2.75) is 32.4 Å². The van der Waals surface area contributed by atoms with Crippen molar-refractivity contribution in [3.8, 4) is 0 Å². The van der Waals surface area contributed by atoms with Crippen LogP contribution in [0, 0.1) is 0 Å². The van der Waals surface area contributed by atoms with E-state index in [1.807, 2.05) is 24.5 Å². The summed E-state index contributed by atoms with van der Waals surface area (Å²) in [6, 6.07) is 4.83. The topological polar surface area (TPSA) is 34.1 Å². The third kappa shape index (κ3) is 3.98. The number of nitrogens with zero attached hydrogens (tertiary/aromatic N) is 1. The third-order valence-corrected chi connectivity index (χ3v) is 2.55. The van der Waals surface area contributed by atoms with Crippen LogP contribution < -0.4 is 5.32 Å². The fourth-order valence-electron chi connectivity index (χ4n) is 1.59. The molecule has 1 unspecified atom stereocenters. The van der Waals surface area contributed by atoms with Gasteiger partial charge in [-0.3, -0.25) is 4.98 Å². The normalized spacial score (nSPS) is 14.9. The summed E-state index contributed by atoms with van der Waals surface area (Å²) >= 11 is 0. The summed E-state index contributed by atoms with van der Waals surface area (Å²) in [6.45, 7) is 5.08. The number of pyridine rings is 1. The first-order valence-electron chi connectivity index (χ1n) is 5.42. The molecule has 15 heavy (non-hydrogen) atoms. The number of aromatic nitrogens is 1. The van der Waals surface area contributed by atoms with Crippen LogP contribution in [0.5, 0.6) is 0 Å². The average molecular weight is 208 g/mol. The molecule has 0 spiro atoms. The van der Waals surface area contributed by atoms with Crippen LogP contribution in [0.25, 0.3) is 0 Å². The van der Waals surface area contributed by atoms with Crippen molar-refractivity contribution in [2.24, 2.45) is 0 Å². The van der Waals surface area contributed by atoms with E-state index in [1.165, 1.54) is 5.56 Å². The Bertz CT molecular complexity index is 264. The van der Waals surface area contributed by atoms with Crippen LogP contribution in [0.3, 0.4) is 0 Å². The fourth-order valence-corrected chi connectivity index (χ4v) is 1.59. The minimum Gasteiger partial charge on any atom is -0.383 e. The van der Waals surface area contributed by atoms with Gasteiger partial charge >= 0.3 is 0 Å². The number of methoxy groups -OCH3 is 1. The molecule has 1 heterocycles. The number of hydrogen-bond donors (Lipinski definition) is 1. The minimum absolute atomic E-state index is 0.341. The van der Waals surface area contributed by atoms with E-state index in [9.17, 15) is 0 Å². The van der Waals surface area contributed by atoms with Gasteiger partial charge in [0.05, 0.1) is 6.61 Å². The molecular weight excluding hydrogens is 188 g/mol. The van der Waals surface area contributed by atoms with Gasteiger partial charge in [-0.15, -0.1) is 0 Å². The minimum atomic E-state index is 0.341. The van der Waals surface area contributed by atoms with Crippen molar-refractivity contribution < 1.29 is 4.74 Å². The average Bonchev–Trinajstić information content (AvgIpc) is 2.29. The van der Waals surface area contributed by atoms with E-state index < -0.39 is 0 Å². The molecule has 1 rings (SSSR count). The highest BCUT2D eigenvalue weighted by Crippen LogP contribution is 2.11.